The molecule has 2 heterocycles. The third-order valence-electron chi connectivity index (χ3n) is 4.06. The van der Waals surface area contributed by atoms with Crippen LogP contribution in [0.2, 0.25) is 0 Å². The second-order valence-electron chi connectivity index (χ2n) is 5.97. The summed E-state index contributed by atoms with van der Waals surface area (Å²) >= 11 is 0. The molecule has 1 saturated heterocycles. The Labute approximate surface area is 127 Å². The van der Waals surface area contributed by atoms with Gasteiger partial charge in [0.25, 0.3) is 0 Å². The van der Waals surface area contributed by atoms with E-state index in [0.29, 0.717) is 19.0 Å². The minimum atomic E-state index is -3.14. The van der Waals surface area contributed by atoms with E-state index in [1.807, 2.05) is 30.9 Å². The molecule has 1 aliphatic rings. The van der Waals surface area contributed by atoms with Gasteiger partial charge in [-0.2, -0.15) is 5.10 Å². The first-order valence-electron chi connectivity index (χ1n) is 7.60. The molecule has 6 nitrogen and oxygen atoms in total. The second kappa shape index (κ2) is 6.89. The molecule has 0 unspecified atom stereocenters. The molecule has 0 amide bonds. The lowest BCUT2D eigenvalue weighted by Gasteiger charge is -2.21. The standard InChI is InChI=1S/C14H26N4O2S/c1-4-16-21(19,20)14-6-8-18(11-14)10-12(2)9-13-5-7-15-17(13)3/h5,7,12,14,16H,4,6,8-11H2,1-3H3/t12-,14-/m0/s1. The van der Waals surface area contributed by atoms with Crippen molar-refractivity contribution in [2.75, 3.05) is 26.2 Å². The van der Waals surface area contributed by atoms with Crippen LogP contribution in [0.25, 0.3) is 0 Å². The molecule has 0 aromatic carbocycles. The molecule has 1 N–H and O–H groups in total. The number of rotatable bonds is 7. The highest BCUT2D eigenvalue weighted by molar-refractivity contribution is 7.90. The SMILES string of the molecule is CCNS(=O)(=O)[C@H]1CCN(C[C@@H](C)Cc2ccnn2C)C1. The Morgan fingerprint density at radius 2 is 2.29 bits per heavy atom. The number of sulfonamides is 1. The third kappa shape index (κ3) is 4.28. The number of aryl methyl sites for hydroxylation is 1. The third-order valence-corrected chi connectivity index (χ3v) is 6.02. The first-order valence-corrected chi connectivity index (χ1v) is 9.14. The second-order valence-corrected chi connectivity index (χ2v) is 8.01. The molecule has 0 saturated carbocycles. The highest BCUT2D eigenvalue weighted by Crippen LogP contribution is 2.18. The Hall–Kier alpha value is -0.920. The van der Waals surface area contributed by atoms with Crippen molar-refractivity contribution < 1.29 is 8.42 Å². The van der Waals surface area contributed by atoms with E-state index in [0.717, 1.165) is 25.9 Å². The van der Waals surface area contributed by atoms with Gasteiger partial charge in [-0.1, -0.05) is 13.8 Å². The summed E-state index contributed by atoms with van der Waals surface area (Å²) in [7, 11) is -1.19. The van der Waals surface area contributed by atoms with Crippen molar-refractivity contribution in [3.63, 3.8) is 0 Å². The van der Waals surface area contributed by atoms with Crippen molar-refractivity contribution in [3.05, 3.63) is 18.0 Å². The van der Waals surface area contributed by atoms with Crippen LogP contribution in [-0.4, -0.2) is 54.5 Å². The number of aromatic nitrogens is 2. The van der Waals surface area contributed by atoms with E-state index in [-0.39, 0.29) is 5.25 Å². The minimum Gasteiger partial charge on any atom is -0.302 e. The zero-order valence-electron chi connectivity index (χ0n) is 13.1. The quantitative estimate of drug-likeness (QED) is 0.801. The number of hydrogen-bond donors (Lipinski definition) is 1. The lowest BCUT2D eigenvalue weighted by atomic mass is 10.1. The van der Waals surface area contributed by atoms with Gasteiger partial charge in [-0.3, -0.25) is 4.68 Å². The summed E-state index contributed by atoms with van der Waals surface area (Å²) in [5.74, 6) is 0.487. The predicted molar refractivity (Wildman–Crippen MR) is 83.5 cm³/mol. The van der Waals surface area contributed by atoms with E-state index in [9.17, 15) is 8.42 Å². The molecular weight excluding hydrogens is 288 g/mol. The Kier molecular flexibility index (Phi) is 5.40. The number of likely N-dealkylation sites (tertiary alicyclic amines) is 1. The summed E-state index contributed by atoms with van der Waals surface area (Å²) in [5.41, 5.74) is 1.22. The molecule has 21 heavy (non-hydrogen) atoms. The summed E-state index contributed by atoms with van der Waals surface area (Å²) in [5, 5.41) is 3.92. The molecule has 120 valence electrons. The summed E-state index contributed by atoms with van der Waals surface area (Å²) < 4.78 is 28.5. The highest BCUT2D eigenvalue weighted by atomic mass is 32.2. The maximum absolute atomic E-state index is 12.0. The van der Waals surface area contributed by atoms with Gasteiger partial charge in [0.2, 0.25) is 10.0 Å². The fourth-order valence-corrected chi connectivity index (χ4v) is 4.46. The summed E-state index contributed by atoms with van der Waals surface area (Å²) in [4.78, 5) is 2.26. The van der Waals surface area contributed by atoms with Crippen LogP contribution >= 0.6 is 0 Å². The van der Waals surface area contributed by atoms with Crippen molar-refractivity contribution >= 4 is 10.0 Å². The predicted octanol–water partition coefficient (Wildman–Crippen LogP) is 0.612. The Bertz CT molecular complexity index is 555. The zero-order valence-corrected chi connectivity index (χ0v) is 13.9. The number of nitrogens with one attached hydrogen (secondary N) is 1. The monoisotopic (exact) mass is 314 g/mol. The number of nitrogens with zero attached hydrogens (tertiary/aromatic N) is 3. The van der Waals surface area contributed by atoms with Gasteiger partial charge in [-0.15, -0.1) is 0 Å². The van der Waals surface area contributed by atoms with Crippen LogP contribution in [0, 0.1) is 5.92 Å². The maximum atomic E-state index is 12.0. The smallest absolute Gasteiger partial charge is 0.215 e. The fourth-order valence-electron chi connectivity index (χ4n) is 3.00. The maximum Gasteiger partial charge on any atom is 0.215 e. The van der Waals surface area contributed by atoms with Crippen molar-refractivity contribution in [2.45, 2.75) is 31.9 Å². The molecule has 0 aliphatic carbocycles. The van der Waals surface area contributed by atoms with Gasteiger partial charge in [0, 0.05) is 38.6 Å². The van der Waals surface area contributed by atoms with Crippen LogP contribution in [0.5, 0.6) is 0 Å². The van der Waals surface area contributed by atoms with Crippen molar-refractivity contribution in [1.82, 2.24) is 19.4 Å². The summed E-state index contributed by atoms with van der Waals surface area (Å²) in [6.07, 6.45) is 3.52. The molecule has 1 aromatic rings. The molecule has 7 heteroatoms. The van der Waals surface area contributed by atoms with Crippen LogP contribution in [-0.2, 0) is 23.5 Å². The molecule has 2 rings (SSSR count). The molecule has 0 spiro atoms. The molecule has 1 aromatic heterocycles. The van der Waals surface area contributed by atoms with Crippen LogP contribution in [0.3, 0.4) is 0 Å². The van der Waals surface area contributed by atoms with Gasteiger partial charge in [-0.05, 0) is 31.4 Å². The molecule has 0 bridgehead atoms. The summed E-state index contributed by atoms with van der Waals surface area (Å²) in [6, 6.07) is 2.04. The first-order chi connectivity index (χ1) is 9.92. The molecule has 1 fully saturated rings. The topological polar surface area (TPSA) is 67.2 Å². The summed E-state index contributed by atoms with van der Waals surface area (Å²) in [6.45, 7) is 6.94. The van der Waals surface area contributed by atoms with Crippen LogP contribution in [0.1, 0.15) is 26.0 Å². The Balaban J connectivity index is 1.84. The van der Waals surface area contributed by atoms with E-state index >= 15 is 0 Å². The molecular formula is C14H26N4O2S. The minimum absolute atomic E-state index is 0.263. The normalized spacial score (nSPS) is 21.8. The van der Waals surface area contributed by atoms with Crippen molar-refractivity contribution in [2.24, 2.45) is 13.0 Å². The largest absolute Gasteiger partial charge is 0.302 e. The molecule has 2 atom stereocenters. The van der Waals surface area contributed by atoms with Gasteiger partial charge >= 0.3 is 0 Å². The van der Waals surface area contributed by atoms with Gasteiger partial charge in [0.1, 0.15) is 0 Å². The van der Waals surface area contributed by atoms with E-state index in [1.54, 1.807) is 0 Å². The first kappa shape index (κ1) is 16.5. The van der Waals surface area contributed by atoms with E-state index in [4.69, 9.17) is 0 Å². The van der Waals surface area contributed by atoms with E-state index < -0.39 is 10.0 Å². The van der Waals surface area contributed by atoms with Gasteiger partial charge in [0.15, 0.2) is 0 Å². The van der Waals surface area contributed by atoms with Gasteiger partial charge < -0.3 is 4.90 Å². The molecule has 1 aliphatic heterocycles. The fraction of sp³-hybridized carbons (Fsp3) is 0.786. The average molecular weight is 314 g/mol. The van der Waals surface area contributed by atoms with Gasteiger partial charge in [0.05, 0.1) is 5.25 Å². The average Bonchev–Trinajstić information content (AvgIpc) is 3.00. The Morgan fingerprint density at radius 1 is 1.52 bits per heavy atom. The zero-order chi connectivity index (χ0) is 15.5. The van der Waals surface area contributed by atoms with Crippen LogP contribution in [0.15, 0.2) is 12.3 Å². The van der Waals surface area contributed by atoms with Crippen LogP contribution in [0.4, 0.5) is 0 Å². The van der Waals surface area contributed by atoms with Crippen LogP contribution < -0.4 is 4.72 Å². The highest BCUT2D eigenvalue weighted by Gasteiger charge is 2.32. The van der Waals surface area contributed by atoms with Gasteiger partial charge in [-0.25, -0.2) is 13.1 Å². The van der Waals surface area contributed by atoms with E-state index in [1.165, 1.54) is 5.69 Å². The lowest BCUT2D eigenvalue weighted by molar-refractivity contribution is 0.285. The number of hydrogen-bond acceptors (Lipinski definition) is 4. The lowest BCUT2D eigenvalue weighted by Crippen LogP contribution is -2.37. The Morgan fingerprint density at radius 3 is 2.90 bits per heavy atom. The molecule has 0 radical (unpaired) electrons. The van der Waals surface area contributed by atoms with Crippen molar-refractivity contribution in [3.8, 4) is 0 Å². The van der Waals surface area contributed by atoms with Crippen molar-refractivity contribution in [1.29, 1.82) is 0 Å². The van der Waals surface area contributed by atoms with E-state index in [2.05, 4.69) is 21.6 Å².